The first kappa shape index (κ1) is 18.1. The van der Waals surface area contributed by atoms with Crippen molar-refractivity contribution in [3.63, 3.8) is 0 Å². The van der Waals surface area contributed by atoms with Crippen LogP contribution in [-0.2, 0) is 11.3 Å². The van der Waals surface area contributed by atoms with Gasteiger partial charge >= 0.3 is 0 Å². The van der Waals surface area contributed by atoms with E-state index < -0.39 is 0 Å². The summed E-state index contributed by atoms with van der Waals surface area (Å²) in [6.45, 7) is 8.04. The number of benzene rings is 1. The minimum atomic E-state index is -0.163. The van der Waals surface area contributed by atoms with Gasteiger partial charge in [-0.25, -0.2) is 0 Å². The SMILES string of the molecule is CCNCc1cc(Cl)cc(Cl)c1OCC(=O)NCC(C)C. The molecule has 0 heterocycles. The van der Waals surface area contributed by atoms with Gasteiger partial charge < -0.3 is 15.4 Å². The van der Waals surface area contributed by atoms with E-state index in [4.69, 9.17) is 27.9 Å². The quantitative estimate of drug-likeness (QED) is 0.768. The Balaban J connectivity index is 2.70. The number of carbonyl (C=O) groups excluding carboxylic acids is 1. The molecule has 21 heavy (non-hydrogen) atoms. The Morgan fingerprint density at radius 2 is 2.05 bits per heavy atom. The summed E-state index contributed by atoms with van der Waals surface area (Å²) in [6.07, 6.45) is 0. The highest BCUT2D eigenvalue weighted by Crippen LogP contribution is 2.32. The molecular weight excluding hydrogens is 311 g/mol. The first-order valence-electron chi connectivity index (χ1n) is 7.02. The van der Waals surface area contributed by atoms with Crippen molar-refractivity contribution in [2.45, 2.75) is 27.3 Å². The summed E-state index contributed by atoms with van der Waals surface area (Å²) in [5, 5.41) is 6.94. The number of hydrogen-bond acceptors (Lipinski definition) is 3. The first-order chi connectivity index (χ1) is 9.93. The molecule has 1 aromatic rings. The monoisotopic (exact) mass is 332 g/mol. The maximum atomic E-state index is 11.7. The Kier molecular flexibility index (Phi) is 7.86. The fourth-order valence-electron chi connectivity index (χ4n) is 1.67. The second-order valence-electron chi connectivity index (χ2n) is 5.14. The molecule has 4 nitrogen and oxygen atoms in total. The molecule has 0 unspecified atom stereocenters. The zero-order valence-corrected chi connectivity index (χ0v) is 14.1. The van der Waals surface area contributed by atoms with E-state index in [-0.39, 0.29) is 12.5 Å². The van der Waals surface area contributed by atoms with Gasteiger partial charge in [-0.3, -0.25) is 4.79 Å². The fraction of sp³-hybridized carbons (Fsp3) is 0.533. The molecule has 0 atom stereocenters. The largest absolute Gasteiger partial charge is 0.482 e. The van der Waals surface area contributed by atoms with Crippen molar-refractivity contribution in [3.8, 4) is 5.75 Å². The van der Waals surface area contributed by atoms with E-state index in [1.54, 1.807) is 12.1 Å². The molecule has 0 bridgehead atoms. The molecule has 2 N–H and O–H groups in total. The van der Waals surface area contributed by atoms with Crippen LogP contribution in [0.1, 0.15) is 26.3 Å². The Hall–Kier alpha value is -0.970. The number of rotatable bonds is 8. The molecule has 0 aliphatic carbocycles. The number of ether oxygens (including phenoxy) is 1. The van der Waals surface area contributed by atoms with Crippen molar-refractivity contribution in [3.05, 3.63) is 27.7 Å². The third kappa shape index (κ3) is 6.55. The van der Waals surface area contributed by atoms with Gasteiger partial charge in [-0.15, -0.1) is 0 Å². The lowest BCUT2D eigenvalue weighted by atomic mass is 10.2. The predicted molar refractivity (Wildman–Crippen MR) is 87.2 cm³/mol. The molecule has 1 amide bonds. The fourth-order valence-corrected chi connectivity index (χ4v) is 2.26. The highest BCUT2D eigenvalue weighted by molar-refractivity contribution is 6.35. The van der Waals surface area contributed by atoms with Crippen LogP contribution in [0.3, 0.4) is 0 Å². The normalized spacial score (nSPS) is 10.8. The van der Waals surface area contributed by atoms with E-state index in [1.165, 1.54) is 0 Å². The van der Waals surface area contributed by atoms with E-state index in [0.29, 0.717) is 34.8 Å². The first-order valence-corrected chi connectivity index (χ1v) is 7.77. The molecule has 0 saturated heterocycles. The maximum absolute atomic E-state index is 11.7. The van der Waals surface area contributed by atoms with Gasteiger partial charge in [0.25, 0.3) is 5.91 Å². The van der Waals surface area contributed by atoms with E-state index >= 15 is 0 Å². The van der Waals surface area contributed by atoms with Crippen LogP contribution < -0.4 is 15.4 Å². The standard InChI is InChI=1S/C15H22Cl2N2O2/c1-4-18-8-11-5-12(16)6-13(17)15(11)21-9-14(20)19-7-10(2)3/h5-6,10,18H,4,7-9H2,1-3H3,(H,19,20). The minimum absolute atomic E-state index is 0.0623. The highest BCUT2D eigenvalue weighted by Gasteiger charge is 2.12. The molecular formula is C15H22Cl2N2O2. The minimum Gasteiger partial charge on any atom is -0.482 e. The van der Waals surface area contributed by atoms with Crippen LogP contribution in [0, 0.1) is 5.92 Å². The third-order valence-electron chi connectivity index (χ3n) is 2.71. The van der Waals surface area contributed by atoms with Crippen LogP contribution in [0.5, 0.6) is 5.75 Å². The summed E-state index contributed by atoms with van der Waals surface area (Å²) in [6, 6.07) is 3.40. The van der Waals surface area contributed by atoms with Crippen molar-refractivity contribution < 1.29 is 9.53 Å². The second-order valence-corrected chi connectivity index (χ2v) is 5.99. The third-order valence-corrected chi connectivity index (χ3v) is 3.20. The van der Waals surface area contributed by atoms with Crippen molar-refractivity contribution >= 4 is 29.1 Å². The average Bonchev–Trinajstić information content (AvgIpc) is 2.41. The lowest BCUT2D eigenvalue weighted by Crippen LogP contribution is -2.32. The molecule has 1 aromatic carbocycles. The van der Waals surface area contributed by atoms with Crippen molar-refractivity contribution in [1.29, 1.82) is 0 Å². The molecule has 0 aliphatic rings. The topological polar surface area (TPSA) is 50.4 Å². The number of hydrogen-bond donors (Lipinski definition) is 2. The molecule has 0 fully saturated rings. The molecule has 0 aromatic heterocycles. The average molecular weight is 333 g/mol. The number of nitrogens with one attached hydrogen (secondary N) is 2. The zero-order chi connectivity index (χ0) is 15.8. The van der Waals surface area contributed by atoms with E-state index in [2.05, 4.69) is 10.6 Å². The summed E-state index contributed by atoms with van der Waals surface area (Å²) < 4.78 is 5.57. The van der Waals surface area contributed by atoms with Crippen molar-refractivity contribution in [2.75, 3.05) is 19.7 Å². The molecule has 118 valence electrons. The van der Waals surface area contributed by atoms with E-state index in [1.807, 2.05) is 20.8 Å². The predicted octanol–water partition coefficient (Wildman–Crippen LogP) is 3.25. The number of carbonyl (C=O) groups is 1. The van der Waals surface area contributed by atoms with Gasteiger partial charge in [-0.2, -0.15) is 0 Å². The van der Waals surface area contributed by atoms with E-state index in [0.717, 1.165) is 12.1 Å². The maximum Gasteiger partial charge on any atom is 0.257 e. The van der Waals surface area contributed by atoms with E-state index in [9.17, 15) is 4.79 Å². The Morgan fingerprint density at radius 1 is 1.33 bits per heavy atom. The smallest absolute Gasteiger partial charge is 0.257 e. The summed E-state index contributed by atoms with van der Waals surface area (Å²) in [5.74, 6) is 0.739. The molecule has 0 aliphatic heterocycles. The zero-order valence-electron chi connectivity index (χ0n) is 12.6. The lowest BCUT2D eigenvalue weighted by molar-refractivity contribution is -0.123. The Morgan fingerprint density at radius 3 is 2.67 bits per heavy atom. The van der Waals surface area contributed by atoms with Crippen LogP contribution in [0.25, 0.3) is 0 Å². The highest BCUT2D eigenvalue weighted by atomic mass is 35.5. The van der Waals surface area contributed by atoms with Gasteiger partial charge in [0.05, 0.1) is 5.02 Å². The van der Waals surface area contributed by atoms with Gasteiger partial charge in [0.1, 0.15) is 5.75 Å². The summed E-state index contributed by atoms with van der Waals surface area (Å²) >= 11 is 12.2. The molecule has 0 radical (unpaired) electrons. The van der Waals surface area contributed by atoms with Gasteiger partial charge in [0.15, 0.2) is 6.61 Å². The van der Waals surface area contributed by atoms with Crippen molar-refractivity contribution in [2.24, 2.45) is 5.92 Å². The Bertz CT molecular complexity index is 479. The van der Waals surface area contributed by atoms with Crippen molar-refractivity contribution in [1.82, 2.24) is 10.6 Å². The number of amides is 1. The van der Waals surface area contributed by atoms with Crippen LogP contribution in [0.15, 0.2) is 12.1 Å². The van der Waals surface area contributed by atoms with Gasteiger partial charge in [0, 0.05) is 23.7 Å². The summed E-state index contributed by atoms with van der Waals surface area (Å²) in [7, 11) is 0. The van der Waals surface area contributed by atoms with Gasteiger partial charge in [-0.1, -0.05) is 44.0 Å². The molecule has 6 heteroatoms. The lowest BCUT2D eigenvalue weighted by Gasteiger charge is -2.14. The molecule has 1 rings (SSSR count). The summed E-state index contributed by atoms with van der Waals surface area (Å²) in [4.78, 5) is 11.7. The second kappa shape index (κ2) is 9.13. The van der Waals surface area contributed by atoms with Crippen LogP contribution in [0.2, 0.25) is 10.0 Å². The van der Waals surface area contributed by atoms with Crippen LogP contribution in [-0.4, -0.2) is 25.6 Å². The van der Waals surface area contributed by atoms with Crippen LogP contribution >= 0.6 is 23.2 Å². The van der Waals surface area contributed by atoms with Crippen LogP contribution in [0.4, 0.5) is 0 Å². The Labute approximate surface area is 136 Å². The van der Waals surface area contributed by atoms with Gasteiger partial charge in [-0.05, 0) is 24.6 Å². The molecule has 0 saturated carbocycles. The summed E-state index contributed by atoms with van der Waals surface area (Å²) in [5.41, 5.74) is 0.839. The van der Waals surface area contributed by atoms with Gasteiger partial charge in [0.2, 0.25) is 0 Å². The molecule has 0 spiro atoms. The number of halogens is 2.